The van der Waals surface area contributed by atoms with E-state index < -0.39 is 0 Å². The second-order valence-electron chi connectivity index (χ2n) is 4.63. The summed E-state index contributed by atoms with van der Waals surface area (Å²) in [4.78, 5) is 0. The van der Waals surface area contributed by atoms with Gasteiger partial charge in [0.05, 0.1) is 6.61 Å². The second-order valence-corrected chi connectivity index (χ2v) is 5.55. The van der Waals surface area contributed by atoms with Gasteiger partial charge in [-0.2, -0.15) is 0 Å². The molecule has 0 saturated heterocycles. The zero-order valence-corrected chi connectivity index (χ0v) is 14.1. The van der Waals surface area contributed by atoms with E-state index >= 15 is 0 Å². The molecule has 0 N–H and O–H groups in total. The smallest absolute Gasteiger partial charge is 0.160 e. The summed E-state index contributed by atoms with van der Waals surface area (Å²) in [7, 11) is 0. The normalized spacial score (nSPS) is 11.2. The van der Waals surface area contributed by atoms with Crippen molar-refractivity contribution in [2.75, 3.05) is 19.8 Å². The Labute approximate surface area is 134 Å². The van der Waals surface area contributed by atoms with Crippen molar-refractivity contribution in [1.29, 1.82) is 0 Å². The lowest BCUT2D eigenvalue weighted by atomic mass is 10.1. The first kappa shape index (κ1) is 16.3. The van der Waals surface area contributed by atoms with Crippen molar-refractivity contribution in [1.82, 2.24) is 0 Å². The van der Waals surface area contributed by atoms with E-state index in [9.17, 15) is 0 Å². The Kier molecular flexibility index (Phi) is 6.49. The first-order chi connectivity index (χ1) is 10.2. The molecule has 2 aromatic carbocycles. The van der Waals surface area contributed by atoms with Gasteiger partial charge in [-0.05, 0) is 48.9 Å². The van der Waals surface area contributed by atoms with Crippen LogP contribution < -0.4 is 4.74 Å². The summed E-state index contributed by atoms with van der Waals surface area (Å²) in [6, 6.07) is 12.3. The number of ether oxygens (including phenoxy) is 3. The maximum atomic E-state index is 5.80. The fraction of sp³-hybridized carbons (Fsp3) is 0.412. The lowest BCUT2D eigenvalue weighted by Gasteiger charge is -2.17. The van der Waals surface area contributed by atoms with Crippen molar-refractivity contribution in [3.8, 4) is 5.75 Å². The van der Waals surface area contributed by atoms with Crippen LogP contribution in [0.25, 0.3) is 10.8 Å². The number of rotatable bonds is 8. The molecule has 3 nitrogen and oxygen atoms in total. The van der Waals surface area contributed by atoms with Crippen molar-refractivity contribution >= 4 is 26.7 Å². The number of fused-ring (bicyclic) bond motifs is 1. The van der Waals surface area contributed by atoms with Crippen molar-refractivity contribution in [3.63, 3.8) is 0 Å². The first-order valence-corrected chi connectivity index (χ1v) is 8.07. The Hall–Kier alpha value is -1.10. The summed E-state index contributed by atoms with van der Waals surface area (Å²) in [5.74, 6) is 0.872. The molecule has 2 rings (SSSR count). The lowest BCUT2D eigenvalue weighted by Crippen LogP contribution is -2.20. The molecule has 0 spiro atoms. The molecule has 2 aromatic rings. The Morgan fingerprint density at radius 3 is 2.33 bits per heavy atom. The summed E-state index contributed by atoms with van der Waals surface area (Å²) in [5, 5.41) is 2.36. The zero-order valence-electron chi connectivity index (χ0n) is 12.5. The minimum Gasteiger partial charge on any atom is -0.493 e. The van der Waals surface area contributed by atoms with Gasteiger partial charge in [-0.25, -0.2) is 0 Å². The van der Waals surface area contributed by atoms with Crippen molar-refractivity contribution in [2.45, 2.75) is 26.6 Å². The molecule has 0 heterocycles. The fourth-order valence-electron chi connectivity index (χ4n) is 2.14. The van der Waals surface area contributed by atoms with Crippen LogP contribution in [0.3, 0.4) is 0 Å². The van der Waals surface area contributed by atoms with Gasteiger partial charge in [0.1, 0.15) is 5.75 Å². The van der Waals surface area contributed by atoms with Gasteiger partial charge in [-0.1, -0.05) is 28.1 Å². The molecule has 0 amide bonds. The van der Waals surface area contributed by atoms with Crippen LogP contribution in [0.4, 0.5) is 0 Å². The van der Waals surface area contributed by atoms with E-state index in [1.807, 2.05) is 26.0 Å². The molecular formula is C17H21BrO3. The van der Waals surface area contributed by atoms with E-state index in [4.69, 9.17) is 14.2 Å². The highest BCUT2D eigenvalue weighted by molar-refractivity contribution is 9.10. The Morgan fingerprint density at radius 2 is 1.62 bits per heavy atom. The predicted octanol–water partition coefficient (Wildman–Crippen LogP) is 4.77. The van der Waals surface area contributed by atoms with Gasteiger partial charge >= 0.3 is 0 Å². The first-order valence-electron chi connectivity index (χ1n) is 7.28. The van der Waals surface area contributed by atoms with Crippen LogP contribution in [0.1, 0.15) is 20.3 Å². The lowest BCUT2D eigenvalue weighted by molar-refractivity contribution is -0.142. The predicted molar refractivity (Wildman–Crippen MR) is 88.8 cm³/mol. The average Bonchev–Trinajstić information content (AvgIpc) is 2.48. The highest BCUT2D eigenvalue weighted by atomic mass is 79.9. The van der Waals surface area contributed by atoms with Crippen LogP contribution in [0.5, 0.6) is 5.75 Å². The molecule has 0 bridgehead atoms. The third-order valence-corrected chi connectivity index (χ3v) is 3.59. The van der Waals surface area contributed by atoms with Gasteiger partial charge in [-0.3, -0.25) is 0 Å². The number of benzene rings is 2. The van der Waals surface area contributed by atoms with Gasteiger partial charge in [-0.15, -0.1) is 0 Å². The van der Waals surface area contributed by atoms with Crippen LogP contribution >= 0.6 is 15.9 Å². The van der Waals surface area contributed by atoms with E-state index in [1.54, 1.807) is 0 Å². The minimum atomic E-state index is -0.184. The van der Waals surface area contributed by atoms with Crippen LogP contribution in [-0.4, -0.2) is 26.1 Å². The molecule has 0 atom stereocenters. The summed E-state index contributed by atoms with van der Waals surface area (Å²) in [6.45, 7) is 5.81. The van der Waals surface area contributed by atoms with E-state index in [-0.39, 0.29) is 6.29 Å². The molecule has 0 aliphatic heterocycles. The summed E-state index contributed by atoms with van der Waals surface area (Å²) < 4.78 is 17.9. The maximum absolute atomic E-state index is 5.80. The maximum Gasteiger partial charge on any atom is 0.160 e. The van der Waals surface area contributed by atoms with Gasteiger partial charge < -0.3 is 14.2 Å². The molecule has 0 fully saturated rings. The monoisotopic (exact) mass is 352 g/mol. The van der Waals surface area contributed by atoms with Crippen LogP contribution in [0.2, 0.25) is 0 Å². The van der Waals surface area contributed by atoms with E-state index in [0.29, 0.717) is 19.8 Å². The van der Waals surface area contributed by atoms with Crippen LogP contribution in [0.15, 0.2) is 40.9 Å². The van der Waals surface area contributed by atoms with E-state index in [0.717, 1.165) is 16.6 Å². The molecule has 0 aliphatic carbocycles. The molecule has 114 valence electrons. The minimum absolute atomic E-state index is 0.184. The molecule has 21 heavy (non-hydrogen) atoms. The highest BCUT2D eigenvalue weighted by Gasteiger charge is 2.08. The largest absolute Gasteiger partial charge is 0.493 e. The molecule has 0 saturated carbocycles. The Balaban J connectivity index is 1.92. The Bertz CT molecular complexity index is 565. The third-order valence-electron chi connectivity index (χ3n) is 3.10. The molecular weight excluding hydrogens is 332 g/mol. The van der Waals surface area contributed by atoms with Crippen LogP contribution in [0, 0.1) is 0 Å². The van der Waals surface area contributed by atoms with Crippen molar-refractivity contribution in [2.24, 2.45) is 0 Å². The van der Waals surface area contributed by atoms with Gasteiger partial charge in [0.25, 0.3) is 0 Å². The van der Waals surface area contributed by atoms with Crippen LogP contribution in [-0.2, 0) is 9.47 Å². The summed E-state index contributed by atoms with van der Waals surface area (Å²) >= 11 is 3.48. The summed E-state index contributed by atoms with van der Waals surface area (Å²) in [6.07, 6.45) is 0.538. The van der Waals surface area contributed by atoms with Crippen molar-refractivity contribution < 1.29 is 14.2 Å². The number of halogens is 1. The molecule has 0 unspecified atom stereocenters. The number of hydrogen-bond acceptors (Lipinski definition) is 3. The van der Waals surface area contributed by atoms with Gasteiger partial charge in [0.15, 0.2) is 6.29 Å². The molecule has 0 aromatic heterocycles. The highest BCUT2D eigenvalue weighted by Crippen LogP contribution is 2.24. The zero-order chi connectivity index (χ0) is 15.1. The molecule has 0 radical (unpaired) electrons. The molecule has 4 heteroatoms. The standard InChI is InChI=1S/C17H21BrO3/c1-3-19-17(20-4-2)9-10-21-16-8-6-13-11-15(18)7-5-14(13)12-16/h5-8,11-12,17H,3-4,9-10H2,1-2H3. The molecule has 0 aliphatic rings. The SMILES string of the molecule is CCOC(CCOc1ccc2cc(Br)ccc2c1)OCC. The average molecular weight is 353 g/mol. The summed E-state index contributed by atoms with van der Waals surface area (Å²) in [5.41, 5.74) is 0. The quantitative estimate of drug-likeness (QED) is 0.640. The fourth-order valence-corrected chi connectivity index (χ4v) is 2.52. The second kappa shape index (κ2) is 8.37. The van der Waals surface area contributed by atoms with Gasteiger partial charge in [0.2, 0.25) is 0 Å². The van der Waals surface area contributed by atoms with E-state index in [1.165, 1.54) is 10.8 Å². The van der Waals surface area contributed by atoms with Gasteiger partial charge in [0, 0.05) is 24.1 Å². The topological polar surface area (TPSA) is 27.7 Å². The van der Waals surface area contributed by atoms with E-state index in [2.05, 4.69) is 40.2 Å². The van der Waals surface area contributed by atoms with Crippen molar-refractivity contribution in [3.05, 3.63) is 40.9 Å². The Morgan fingerprint density at radius 1 is 0.952 bits per heavy atom. The third kappa shape index (κ3) is 4.99. The number of hydrogen-bond donors (Lipinski definition) is 0.